The molecule has 4 heterocycles. The number of halogens is 1. The van der Waals surface area contributed by atoms with Crippen molar-refractivity contribution in [2.45, 2.75) is 50.8 Å². The second-order valence-electron chi connectivity index (χ2n) is 9.72. The quantitative estimate of drug-likeness (QED) is 0.474. The van der Waals surface area contributed by atoms with Crippen LogP contribution in [-0.2, 0) is 11.2 Å². The summed E-state index contributed by atoms with van der Waals surface area (Å²) in [5.74, 6) is 1.25. The smallest absolute Gasteiger partial charge is 0.227 e. The fraction of sp³-hybridized carbons (Fsp3) is 0.407. The number of carbonyl (C=O) groups is 1. The first-order valence-electron chi connectivity index (χ1n) is 12.5. The molecule has 1 saturated carbocycles. The number of nitriles is 1. The summed E-state index contributed by atoms with van der Waals surface area (Å²) in [7, 11) is 0. The van der Waals surface area contributed by atoms with E-state index in [1.54, 1.807) is 41.7 Å². The number of carbonyl (C=O) groups excluding carboxylic acids is 1. The summed E-state index contributed by atoms with van der Waals surface area (Å²) < 4.78 is 13.6. The van der Waals surface area contributed by atoms with E-state index in [1.165, 1.54) is 0 Å². The fourth-order valence-corrected chi connectivity index (χ4v) is 4.98. The highest BCUT2D eigenvalue weighted by Crippen LogP contribution is 2.29. The van der Waals surface area contributed by atoms with Crippen molar-refractivity contribution < 1.29 is 14.3 Å². The van der Waals surface area contributed by atoms with Crippen LogP contribution in [0.25, 0.3) is 11.3 Å². The van der Waals surface area contributed by atoms with Gasteiger partial charge in [-0.3, -0.25) is 9.78 Å². The molecule has 0 spiro atoms. The number of pyridine rings is 2. The van der Waals surface area contributed by atoms with Crippen LogP contribution < -0.4 is 10.2 Å². The van der Waals surface area contributed by atoms with E-state index in [1.807, 2.05) is 6.07 Å². The number of aliphatic hydroxyl groups is 1. The van der Waals surface area contributed by atoms with Crippen LogP contribution in [0.1, 0.15) is 43.4 Å². The van der Waals surface area contributed by atoms with E-state index in [0.29, 0.717) is 65.8 Å². The van der Waals surface area contributed by atoms with Crippen molar-refractivity contribution in [1.29, 1.82) is 5.26 Å². The highest BCUT2D eigenvalue weighted by Gasteiger charge is 2.26. The van der Waals surface area contributed by atoms with Gasteiger partial charge in [-0.2, -0.15) is 5.26 Å². The van der Waals surface area contributed by atoms with Gasteiger partial charge in [-0.1, -0.05) is 0 Å². The highest BCUT2D eigenvalue weighted by molar-refractivity contribution is 5.80. The van der Waals surface area contributed by atoms with Crippen molar-refractivity contribution in [2.24, 2.45) is 5.92 Å². The van der Waals surface area contributed by atoms with Gasteiger partial charge in [0.25, 0.3) is 0 Å². The van der Waals surface area contributed by atoms with Gasteiger partial charge < -0.3 is 15.3 Å². The number of ketones is 1. The van der Waals surface area contributed by atoms with Gasteiger partial charge in [0.2, 0.25) is 5.95 Å². The van der Waals surface area contributed by atoms with Crippen molar-refractivity contribution in [1.82, 2.24) is 19.9 Å². The van der Waals surface area contributed by atoms with E-state index >= 15 is 0 Å². The molecule has 2 aliphatic rings. The molecule has 3 aromatic rings. The lowest BCUT2D eigenvalue weighted by Crippen LogP contribution is -2.22. The Labute approximate surface area is 214 Å². The molecular formula is C27H28FN7O2. The summed E-state index contributed by atoms with van der Waals surface area (Å²) >= 11 is 0. The average molecular weight is 502 g/mol. The van der Waals surface area contributed by atoms with Crippen molar-refractivity contribution in [3.63, 3.8) is 0 Å². The van der Waals surface area contributed by atoms with Gasteiger partial charge in [0.1, 0.15) is 23.8 Å². The van der Waals surface area contributed by atoms with Gasteiger partial charge in [-0.15, -0.1) is 0 Å². The molecule has 0 aromatic carbocycles. The number of hydrogen-bond donors (Lipinski definition) is 2. The normalized spacial score (nSPS) is 21.1. The van der Waals surface area contributed by atoms with E-state index in [2.05, 4.69) is 31.3 Å². The maximum absolute atomic E-state index is 13.6. The van der Waals surface area contributed by atoms with Crippen LogP contribution in [-0.4, -0.2) is 56.2 Å². The molecule has 2 N–H and O–H groups in total. The summed E-state index contributed by atoms with van der Waals surface area (Å²) in [4.78, 5) is 31.8. The predicted molar refractivity (Wildman–Crippen MR) is 136 cm³/mol. The monoisotopic (exact) mass is 501 g/mol. The number of hydrogen-bond acceptors (Lipinski definition) is 9. The Bertz CT molecular complexity index is 1310. The van der Waals surface area contributed by atoms with Gasteiger partial charge in [-0.25, -0.2) is 19.3 Å². The maximum atomic E-state index is 13.6. The first-order valence-corrected chi connectivity index (χ1v) is 12.5. The van der Waals surface area contributed by atoms with Crippen LogP contribution in [0, 0.1) is 17.2 Å². The fourth-order valence-electron chi connectivity index (χ4n) is 4.98. The number of rotatable bonds is 8. The molecule has 10 heteroatoms. The van der Waals surface area contributed by atoms with Crippen molar-refractivity contribution in [3.8, 4) is 17.3 Å². The van der Waals surface area contributed by atoms with E-state index in [-0.39, 0.29) is 30.8 Å². The number of aliphatic hydroxyl groups excluding tert-OH is 1. The van der Waals surface area contributed by atoms with Gasteiger partial charge in [0.15, 0.2) is 0 Å². The minimum atomic E-state index is -0.903. The summed E-state index contributed by atoms with van der Waals surface area (Å²) in [6, 6.07) is 9.22. The molecule has 0 bridgehead atoms. The van der Waals surface area contributed by atoms with Crippen LogP contribution in [0.4, 0.5) is 21.8 Å². The zero-order valence-corrected chi connectivity index (χ0v) is 20.3. The van der Waals surface area contributed by atoms with Gasteiger partial charge >= 0.3 is 0 Å². The molecule has 3 atom stereocenters. The average Bonchev–Trinajstić information content (AvgIpc) is 3.52. The van der Waals surface area contributed by atoms with Gasteiger partial charge in [-0.05, 0) is 55.9 Å². The second-order valence-corrected chi connectivity index (χ2v) is 9.72. The van der Waals surface area contributed by atoms with Crippen molar-refractivity contribution in [2.75, 3.05) is 23.3 Å². The number of nitrogens with zero attached hydrogens (tertiary/aromatic N) is 6. The van der Waals surface area contributed by atoms with Crippen molar-refractivity contribution in [3.05, 3.63) is 54.1 Å². The van der Waals surface area contributed by atoms with Gasteiger partial charge in [0, 0.05) is 43.0 Å². The first kappa shape index (κ1) is 24.7. The Kier molecular flexibility index (Phi) is 7.32. The van der Waals surface area contributed by atoms with E-state index in [0.717, 1.165) is 12.8 Å². The topological polar surface area (TPSA) is 128 Å². The Hall–Kier alpha value is -3.97. The van der Waals surface area contributed by atoms with E-state index in [4.69, 9.17) is 0 Å². The van der Waals surface area contributed by atoms with Crippen LogP contribution in [0.15, 0.2) is 42.9 Å². The molecule has 0 amide bonds. The van der Waals surface area contributed by atoms with E-state index in [9.17, 15) is 19.6 Å². The Morgan fingerprint density at radius 3 is 2.78 bits per heavy atom. The predicted octanol–water partition coefficient (Wildman–Crippen LogP) is 3.76. The number of aromatic nitrogens is 4. The summed E-state index contributed by atoms with van der Waals surface area (Å²) in [5.41, 5.74) is 2.98. The second kappa shape index (κ2) is 11.0. The lowest BCUT2D eigenvalue weighted by atomic mass is 9.98. The Balaban J connectivity index is 1.23. The highest BCUT2D eigenvalue weighted by atomic mass is 19.1. The molecule has 2 fully saturated rings. The Morgan fingerprint density at radius 1 is 1.19 bits per heavy atom. The molecular weight excluding hydrogens is 473 g/mol. The summed E-state index contributed by atoms with van der Waals surface area (Å²) in [5, 5.41) is 22.4. The molecule has 37 heavy (non-hydrogen) atoms. The maximum Gasteiger partial charge on any atom is 0.227 e. The number of Topliss-reactive ketones (excluding diaryl/α,β-unsaturated/α-hetero) is 1. The number of alkyl halides is 1. The standard InChI is InChI=1S/C27H28FN7O2/c28-20-6-8-35(16-20)26-18(13-29)11-19(14-32-26)25-5-7-30-27(34-25)33-22-3-2-21(31-15-22)12-24(37)10-17-1-4-23(36)9-17/h2-3,5,7,11,14-15,17,20,23,36H,1,4,6,8-10,12,16H2,(H,30,33,34)/t17?,20-,23-/m0/s1. The molecule has 190 valence electrons. The third-order valence-corrected chi connectivity index (χ3v) is 6.86. The van der Waals surface area contributed by atoms with Crippen LogP contribution >= 0.6 is 0 Å². The van der Waals surface area contributed by atoms with Crippen LogP contribution in [0.2, 0.25) is 0 Å². The minimum Gasteiger partial charge on any atom is -0.393 e. The zero-order chi connectivity index (χ0) is 25.8. The molecule has 0 radical (unpaired) electrons. The van der Waals surface area contributed by atoms with Crippen LogP contribution in [0.3, 0.4) is 0 Å². The third-order valence-electron chi connectivity index (χ3n) is 6.86. The van der Waals surface area contributed by atoms with Gasteiger partial charge in [0.05, 0.1) is 35.8 Å². The minimum absolute atomic E-state index is 0.133. The SMILES string of the molecule is N#Cc1cc(-c2ccnc(Nc3ccc(CC(=O)CC4CC[C@H](O)C4)nc3)n2)cnc1N1CC[C@H](F)C1. The molecule has 5 rings (SSSR count). The van der Waals surface area contributed by atoms with Crippen molar-refractivity contribution >= 4 is 23.2 Å². The first-order chi connectivity index (χ1) is 18.0. The molecule has 1 aliphatic carbocycles. The number of nitrogens with one attached hydrogen (secondary N) is 1. The van der Waals surface area contributed by atoms with E-state index < -0.39 is 6.17 Å². The largest absolute Gasteiger partial charge is 0.393 e. The molecule has 1 saturated heterocycles. The molecule has 9 nitrogen and oxygen atoms in total. The number of anilines is 3. The molecule has 3 aromatic heterocycles. The summed E-state index contributed by atoms with van der Waals surface area (Å²) in [6.45, 7) is 0.781. The third kappa shape index (κ3) is 6.06. The van der Waals surface area contributed by atoms with Crippen LogP contribution in [0.5, 0.6) is 0 Å². The lowest BCUT2D eigenvalue weighted by molar-refractivity contribution is -0.119. The lowest BCUT2D eigenvalue weighted by Gasteiger charge is -2.18. The summed E-state index contributed by atoms with van der Waals surface area (Å²) in [6.07, 6.45) is 7.28. The zero-order valence-electron chi connectivity index (χ0n) is 20.3. The molecule has 1 unspecified atom stereocenters. The Morgan fingerprint density at radius 2 is 2.08 bits per heavy atom. The molecule has 1 aliphatic heterocycles.